The Morgan fingerprint density at radius 2 is 2.06 bits per heavy atom. The summed E-state index contributed by atoms with van der Waals surface area (Å²) in [5.41, 5.74) is 1.83. The molecule has 0 unspecified atom stereocenters. The first-order valence-electron chi connectivity index (χ1n) is 11.3. The fourth-order valence-corrected chi connectivity index (χ4v) is 4.31. The number of imidazole rings is 1. The number of esters is 1. The second kappa shape index (κ2) is 10.6. The Labute approximate surface area is 195 Å². The highest BCUT2D eigenvalue weighted by Gasteiger charge is 2.29. The number of ether oxygens (including phenoxy) is 2. The van der Waals surface area contributed by atoms with Crippen molar-refractivity contribution in [2.75, 3.05) is 19.8 Å². The Bertz CT molecular complexity index is 1240. The van der Waals surface area contributed by atoms with Crippen molar-refractivity contribution in [2.45, 2.75) is 38.6 Å². The smallest absolute Gasteiger partial charge is 0.308 e. The summed E-state index contributed by atoms with van der Waals surface area (Å²) < 4.78 is 26.2. The molecule has 2 aromatic heterocycles. The van der Waals surface area contributed by atoms with Crippen molar-refractivity contribution >= 4 is 22.9 Å². The van der Waals surface area contributed by atoms with Crippen molar-refractivity contribution in [1.82, 2.24) is 14.5 Å². The molecule has 3 aromatic rings. The molecule has 180 valence electrons. The van der Waals surface area contributed by atoms with Crippen LogP contribution >= 0.6 is 0 Å². The van der Waals surface area contributed by atoms with Crippen molar-refractivity contribution < 1.29 is 28.6 Å². The molecule has 1 aromatic carbocycles. The summed E-state index contributed by atoms with van der Waals surface area (Å²) in [5.74, 6) is -1.10. The number of hydrogen-bond acceptors (Lipinski definition) is 6. The van der Waals surface area contributed by atoms with Gasteiger partial charge in [0.15, 0.2) is 0 Å². The van der Waals surface area contributed by atoms with Crippen LogP contribution in [0.3, 0.4) is 0 Å². The number of carbonyl (C=O) groups is 2. The average Bonchev–Trinajstić information content (AvgIpc) is 3.20. The number of aliphatic hydroxyl groups is 1. The maximum atomic E-state index is 13.6. The van der Waals surface area contributed by atoms with Crippen LogP contribution in [-0.4, -0.2) is 51.3 Å². The number of fused-ring (bicyclic) bond motifs is 1. The number of benzene rings is 1. The maximum absolute atomic E-state index is 13.6. The predicted molar refractivity (Wildman–Crippen MR) is 121 cm³/mol. The van der Waals surface area contributed by atoms with E-state index in [-0.39, 0.29) is 36.7 Å². The molecule has 2 heterocycles. The molecule has 1 aliphatic rings. The molecule has 2 N–H and O–H groups in total. The summed E-state index contributed by atoms with van der Waals surface area (Å²) in [6, 6.07) is 7.07. The van der Waals surface area contributed by atoms with Crippen LogP contribution in [0, 0.1) is 11.7 Å². The number of halogens is 1. The van der Waals surface area contributed by atoms with Crippen LogP contribution in [0.15, 0.2) is 41.5 Å². The van der Waals surface area contributed by atoms with E-state index in [0.29, 0.717) is 49.3 Å². The standard InChI is InChI=1S/C24H27FN4O5/c1-2-33-23(32)15-6-8-18(9-7-15)29-20-13-21(34-11-10-30)26-14-19(20)27-24(29)28-22(31)16-4-3-5-17(25)12-16/h3-5,12-15,18,30H,2,6-11H2,1H3,(H,27,28,31)/t15-,18+. The minimum absolute atomic E-state index is 0.0356. The Kier molecular flexibility index (Phi) is 7.36. The second-order valence-corrected chi connectivity index (χ2v) is 8.12. The van der Waals surface area contributed by atoms with Gasteiger partial charge in [-0.05, 0) is 50.8 Å². The molecule has 0 saturated heterocycles. The maximum Gasteiger partial charge on any atom is 0.308 e. The number of nitrogens with one attached hydrogen (secondary N) is 1. The van der Waals surface area contributed by atoms with Crippen LogP contribution in [0.4, 0.5) is 4.39 Å². The quantitative estimate of drug-likeness (QED) is 0.513. The molecule has 0 aliphatic heterocycles. The van der Waals surface area contributed by atoms with Gasteiger partial charge in [0.05, 0.1) is 36.4 Å². The van der Waals surface area contributed by atoms with Gasteiger partial charge in [-0.3, -0.25) is 9.59 Å². The molecule has 10 heteroatoms. The lowest BCUT2D eigenvalue weighted by molar-refractivity contribution is -0.149. The number of nitrogens with zero attached hydrogens (tertiary/aromatic N) is 3. The highest BCUT2D eigenvalue weighted by atomic mass is 19.1. The monoisotopic (exact) mass is 470 g/mol. The average molecular weight is 471 g/mol. The van der Waals surface area contributed by atoms with Gasteiger partial charge in [0.1, 0.15) is 12.4 Å². The molecule has 0 atom stereocenters. The zero-order valence-corrected chi connectivity index (χ0v) is 18.9. The van der Waals surface area contributed by atoms with Crippen molar-refractivity contribution in [3.8, 4) is 5.88 Å². The third-order valence-electron chi connectivity index (χ3n) is 5.89. The normalized spacial score (nSPS) is 18.7. The van der Waals surface area contributed by atoms with Gasteiger partial charge in [0.25, 0.3) is 5.91 Å². The Morgan fingerprint density at radius 3 is 2.76 bits per heavy atom. The summed E-state index contributed by atoms with van der Waals surface area (Å²) in [5, 5.41) is 9.06. The number of aromatic nitrogens is 3. The molecule has 0 bridgehead atoms. The van der Waals surface area contributed by atoms with Gasteiger partial charge in [-0.2, -0.15) is 4.99 Å². The zero-order chi connectivity index (χ0) is 24.1. The molecule has 0 spiro atoms. The lowest BCUT2D eigenvalue weighted by Crippen LogP contribution is -2.30. The number of pyridine rings is 1. The SMILES string of the molecule is CCOC(=O)[C@H]1CC[C@@H](n2/c(=N/C(=O)c3cccc(F)c3)[nH]c3cnc(OCCO)cc32)CC1. The highest BCUT2D eigenvalue weighted by molar-refractivity contribution is 5.95. The summed E-state index contributed by atoms with van der Waals surface area (Å²) in [6.07, 6.45) is 4.26. The number of hydrogen-bond donors (Lipinski definition) is 2. The minimum atomic E-state index is -0.579. The number of aromatic amines is 1. The molecule has 34 heavy (non-hydrogen) atoms. The molecule has 1 amide bonds. The molecule has 1 fully saturated rings. The van der Waals surface area contributed by atoms with E-state index in [9.17, 15) is 14.0 Å². The van der Waals surface area contributed by atoms with Gasteiger partial charge in [0.2, 0.25) is 11.5 Å². The first-order chi connectivity index (χ1) is 16.5. The number of H-pyrrole nitrogens is 1. The number of carbonyl (C=O) groups excluding carboxylic acids is 2. The zero-order valence-electron chi connectivity index (χ0n) is 18.9. The van der Waals surface area contributed by atoms with Gasteiger partial charge in [0, 0.05) is 17.7 Å². The number of rotatable bonds is 7. The van der Waals surface area contributed by atoms with Crippen LogP contribution < -0.4 is 10.4 Å². The second-order valence-electron chi connectivity index (χ2n) is 8.12. The summed E-state index contributed by atoms with van der Waals surface area (Å²) in [7, 11) is 0. The van der Waals surface area contributed by atoms with Gasteiger partial charge in [-0.15, -0.1) is 0 Å². The number of amides is 1. The molecular weight excluding hydrogens is 443 g/mol. The third-order valence-corrected chi connectivity index (χ3v) is 5.89. The van der Waals surface area contributed by atoms with Crippen molar-refractivity contribution in [3.05, 3.63) is 53.5 Å². The molecule has 0 radical (unpaired) electrons. The van der Waals surface area contributed by atoms with E-state index in [1.54, 1.807) is 19.2 Å². The fraction of sp³-hybridized carbons (Fsp3) is 0.417. The Morgan fingerprint density at radius 1 is 1.26 bits per heavy atom. The van der Waals surface area contributed by atoms with Crippen LogP contribution in [-0.2, 0) is 9.53 Å². The number of aliphatic hydroxyl groups excluding tert-OH is 1. The van der Waals surface area contributed by atoms with E-state index in [2.05, 4.69) is 15.0 Å². The van der Waals surface area contributed by atoms with E-state index in [4.69, 9.17) is 14.6 Å². The van der Waals surface area contributed by atoms with Gasteiger partial charge in [-0.25, -0.2) is 9.37 Å². The Hall–Kier alpha value is -3.53. The topological polar surface area (TPSA) is 119 Å². The van der Waals surface area contributed by atoms with E-state index in [0.717, 1.165) is 11.6 Å². The highest BCUT2D eigenvalue weighted by Crippen LogP contribution is 2.34. The van der Waals surface area contributed by atoms with E-state index in [1.807, 2.05) is 4.57 Å². The lowest BCUT2D eigenvalue weighted by atomic mass is 9.86. The molecular formula is C24H27FN4O5. The van der Waals surface area contributed by atoms with Crippen LogP contribution in [0.5, 0.6) is 5.88 Å². The lowest BCUT2D eigenvalue weighted by Gasteiger charge is -2.28. The van der Waals surface area contributed by atoms with Gasteiger partial charge in [-0.1, -0.05) is 6.07 Å². The van der Waals surface area contributed by atoms with Crippen LogP contribution in [0.25, 0.3) is 11.0 Å². The largest absolute Gasteiger partial charge is 0.475 e. The summed E-state index contributed by atoms with van der Waals surface area (Å²) in [4.78, 5) is 36.6. The van der Waals surface area contributed by atoms with Gasteiger partial charge < -0.3 is 24.1 Å². The van der Waals surface area contributed by atoms with Crippen molar-refractivity contribution in [1.29, 1.82) is 0 Å². The van der Waals surface area contributed by atoms with E-state index < -0.39 is 11.7 Å². The third kappa shape index (κ3) is 5.17. The van der Waals surface area contributed by atoms with E-state index in [1.165, 1.54) is 18.2 Å². The van der Waals surface area contributed by atoms with Crippen molar-refractivity contribution in [3.63, 3.8) is 0 Å². The molecule has 4 rings (SSSR count). The fourth-order valence-electron chi connectivity index (χ4n) is 4.31. The van der Waals surface area contributed by atoms with Crippen molar-refractivity contribution in [2.24, 2.45) is 10.9 Å². The first-order valence-corrected chi connectivity index (χ1v) is 11.3. The molecule has 9 nitrogen and oxygen atoms in total. The Balaban J connectivity index is 1.72. The summed E-state index contributed by atoms with van der Waals surface area (Å²) in [6.45, 7) is 2.10. The summed E-state index contributed by atoms with van der Waals surface area (Å²) >= 11 is 0. The van der Waals surface area contributed by atoms with Crippen LogP contribution in [0.1, 0.15) is 49.0 Å². The minimum Gasteiger partial charge on any atom is -0.475 e. The molecule has 1 saturated carbocycles. The molecule has 1 aliphatic carbocycles. The predicted octanol–water partition coefficient (Wildman–Crippen LogP) is 2.91. The van der Waals surface area contributed by atoms with E-state index >= 15 is 0 Å². The van der Waals surface area contributed by atoms with Gasteiger partial charge >= 0.3 is 5.97 Å². The first kappa shape index (κ1) is 23.6. The van der Waals surface area contributed by atoms with Crippen LogP contribution in [0.2, 0.25) is 0 Å².